The van der Waals surface area contributed by atoms with Gasteiger partial charge in [-0.05, 0) is 56.9 Å². The quantitative estimate of drug-likeness (QED) is 0.497. The molecule has 0 atom stereocenters. The first kappa shape index (κ1) is 19.7. The van der Waals surface area contributed by atoms with E-state index in [0.29, 0.717) is 27.7 Å². The summed E-state index contributed by atoms with van der Waals surface area (Å²) in [6, 6.07) is 15.3. The Kier molecular flexibility index (Phi) is 4.74. The summed E-state index contributed by atoms with van der Waals surface area (Å²) in [6.07, 6.45) is 1.52. The highest BCUT2D eigenvalue weighted by Gasteiger charge is 2.29. The van der Waals surface area contributed by atoms with Gasteiger partial charge in [0.1, 0.15) is 16.6 Å². The molecule has 0 radical (unpaired) electrons. The lowest BCUT2D eigenvalue weighted by Gasteiger charge is -2.21. The monoisotopic (exact) mass is 429 g/mol. The highest BCUT2D eigenvalue weighted by atomic mass is 32.1. The molecule has 4 aromatic rings. The molecule has 31 heavy (non-hydrogen) atoms. The van der Waals surface area contributed by atoms with Crippen molar-refractivity contribution in [2.24, 2.45) is 0 Å². The topological polar surface area (TPSA) is 68.0 Å². The third kappa shape index (κ3) is 3.27. The number of rotatable bonds is 3. The number of phenols is 1. The molecule has 0 bridgehead atoms. The maximum absolute atomic E-state index is 14.0. The zero-order valence-corrected chi connectivity index (χ0v) is 18.5. The molecule has 0 spiro atoms. The number of para-hydroxylation sites is 1. The van der Waals surface area contributed by atoms with E-state index in [1.54, 1.807) is 16.7 Å². The SMILES string of the molecule is Cc1nc(-c2c(C)nc(-c3ccccc3O)n(C3Cc4ccccc4C3)c2=O)sc1C. The molecule has 0 aliphatic heterocycles. The van der Waals surface area contributed by atoms with Crippen LogP contribution < -0.4 is 5.56 Å². The Morgan fingerprint density at radius 1 is 0.935 bits per heavy atom. The average molecular weight is 430 g/mol. The zero-order valence-electron chi connectivity index (χ0n) is 17.7. The van der Waals surface area contributed by atoms with Crippen molar-refractivity contribution < 1.29 is 5.11 Å². The average Bonchev–Trinajstić information content (AvgIpc) is 3.30. The molecule has 1 N–H and O–H groups in total. The van der Waals surface area contributed by atoms with E-state index in [9.17, 15) is 9.90 Å². The van der Waals surface area contributed by atoms with Crippen LogP contribution in [-0.4, -0.2) is 19.6 Å². The summed E-state index contributed by atoms with van der Waals surface area (Å²) in [5, 5.41) is 11.3. The van der Waals surface area contributed by atoms with Crippen LogP contribution >= 0.6 is 11.3 Å². The molecule has 1 aliphatic rings. The van der Waals surface area contributed by atoms with Crippen LogP contribution in [0.2, 0.25) is 0 Å². The first-order valence-electron chi connectivity index (χ1n) is 10.4. The number of benzene rings is 2. The Bertz CT molecular complexity index is 1330. The fourth-order valence-corrected chi connectivity index (χ4v) is 5.38. The normalized spacial score (nSPS) is 13.5. The number of aryl methyl sites for hydroxylation is 3. The minimum Gasteiger partial charge on any atom is -0.507 e. The summed E-state index contributed by atoms with van der Waals surface area (Å²) in [4.78, 5) is 24.6. The Morgan fingerprint density at radius 3 is 2.19 bits per heavy atom. The van der Waals surface area contributed by atoms with Crippen molar-refractivity contribution >= 4 is 11.3 Å². The van der Waals surface area contributed by atoms with Crippen LogP contribution in [0.15, 0.2) is 53.3 Å². The van der Waals surface area contributed by atoms with Crippen LogP contribution in [-0.2, 0) is 12.8 Å². The van der Waals surface area contributed by atoms with E-state index in [0.717, 1.165) is 23.4 Å². The Hall–Kier alpha value is -3.25. The van der Waals surface area contributed by atoms with Crippen molar-refractivity contribution in [2.75, 3.05) is 0 Å². The molecular weight excluding hydrogens is 406 g/mol. The van der Waals surface area contributed by atoms with Crippen molar-refractivity contribution in [3.63, 3.8) is 0 Å². The number of thiazole rings is 1. The fourth-order valence-electron chi connectivity index (χ4n) is 4.38. The molecule has 2 aromatic carbocycles. The van der Waals surface area contributed by atoms with E-state index in [2.05, 4.69) is 17.1 Å². The molecule has 0 saturated carbocycles. The minimum absolute atomic E-state index is 0.0616. The molecule has 5 nitrogen and oxygen atoms in total. The molecule has 1 aliphatic carbocycles. The van der Waals surface area contributed by atoms with E-state index in [1.165, 1.54) is 22.5 Å². The fraction of sp³-hybridized carbons (Fsp3) is 0.240. The van der Waals surface area contributed by atoms with Gasteiger partial charge in [-0.2, -0.15) is 0 Å². The van der Waals surface area contributed by atoms with Gasteiger partial charge in [0, 0.05) is 10.9 Å². The number of hydrogen-bond acceptors (Lipinski definition) is 5. The van der Waals surface area contributed by atoms with Crippen LogP contribution in [0.5, 0.6) is 5.75 Å². The molecule has 0 amide bonds. The van der Waals surface area contributed by atoms with Crippen molar-refractivity contribution in [3.05, 3.63) is 86.3 Å². The van der Waals surface area contributed by atoms with Crippen LogP contribution in [0, 0.1) is 20.8 Å². The summed E-state index contributed by atoms with van der Waals surface area (Å²) in [6.45, 7) is 5.82. The molecule has 5 rings (SSSR count). The maximum Gasteiger partial charge on any atom is 0.264 e. The number of nitrogens with zero attached hydrogens (tertiary/aromatic N) is 3. The Morgan fingerprint density at radius 2 is 1.58 bits per heavy atom. The van der Waals surface area contributed by atoms with E-state index in [1.807, 2.05) is 45.0 Å². The second-order valence-corrected chi connectivity index (χ2v) is 9.28. The van der Waals surface area contributed by atoms with Crippen LogP contribution in [0.3, 0.4) is 0 Å². The highest BCUT2D eigenvalue weighted by Crippen LogP contribution is 2.36. The van der Waals surface area contributed by atoms with E-state index in [-0.39, 0.29) is 17.4 Å². The minimum atomic E-state index is -0.0997. The van der Waals surface area contributed by atoms with Gasteiger partial charge in [0.05, 0.1) is 22.5 Å². The lowest BCUT2D eigenvalue weighted by molar-refractivity contribution is 0.472. The molecule has 0 saturated heterocycles. The Balaban J connectivity index is 1.76. The van der Waals surface area contributed by atoms with Gasteiger partial charge in [-0.25, -0.2) is 9.97 Å². The molecule has 156 valence electrons. The third-order valence-corrected chi connectivity index (χ3v) is 7.17. The first-order valence-corrected chi connectivity index (χ1v) is 11.2. The standard InChI is InChI=1S/C25H23N3O2S/c1-14-16(3)31-24(27-14)22-15(2)26-23(20-10-6-7-11-21(20)29)28(25(22)30)19-12-17-8-4-5-9-18(17)13-19/h4-11,19,29H,12-13H2,1-3H3. The van der Waals surface area contributed by atoms with Gasteiger partial charge in [0.25, 0.3) is 5.56 Å². The van der Waals surface area contributed by atoms with Gasteiger partial charge < -0.3 is 5.11 Å². The van der Waals surface area contributed by atoms with Crippen molar-refractivity contribution in [1.82, 2.24) is 14.5 Å². The van der Waals surface area contributed by atoms with Crippen LogP contribution in [0.4, 0.5) is 0 Å². The van der Waals surface area contributed by atoms with Crippen molar-refractivity contribution in [2.45, 2.75) is 39.7 Å². The summed E-state index contributed by atoms with van der Waals surface area (Å²) >= 11 is 1.53. The van der Waals surface area contributed by atoms with Gasteiger partial charge in [0.2, 0.25) is 0 Å². The van der Waals surface area contributed by atoms with E-state index < -0.39 is 0 Å². The smallest absolute Gasteiger partial charge is 0.264 e. The van der Waals surface area contributed by atoms with Gasteiger partial charge in [-0.15, -0.1) is 11.3 Å². The summed E-state index contributed by atoms with van der Waals surface area (Å²) in [7, 11) is 0. The van der Waals surface area contributed by atoms with Crippen LogP contribution in [0.25, 0.3) is 22.0 Å². The van der Waals surface area contributed by atoms with Gasteiger partial charge in [-0.1, -0.05) is 36.4 Å². The van der Waals surface area contributed by atoms with E-state index >= 15 is 0 Å². The number of phenolic OH excluding ortho intramolecular Hbond substituents is 1. The number of aromatic nitrogens is 3. The van der Waals surface area contributed by atoms with Crippen LogP contribution in [0.1, 0.15) is 33.4 Å². The lowest BCUT2D eigenvalue weighted by atomic mass is 10.1. The molecular formula is C25H23N3O2S. The largest absolute Gasteiger partial charge is 0.507 e. The molecule has 0 fully saturated rings. The number of aromatic hydroxyl groups is 1. The number of hydrogen-bond donors (Lipinski definition) is 1. The van der Waals surface area contributed by atoms with E-state index in [4.69, 9.17) is 4.98 Å². The second kappa shape index (κ2) is 7.46. The summed E-state index contributed by atoms with van der Waals surface area (Å²) in [5.41, 5.74) is 5.09. The van der Waals surface area contributed by atoms with Crippen molar-refractivity contribution in [3.8, 4) is 27.7 Å². The van der Waals surface area contributed by atoms with Gasteiger partial charge in [-0.3, -0.25) is 9.36 Å². The maximum atomic E-state index is 14.0. The first-order chi connectivity index (χ1) is 14.9. The van der Waals surface area contributed by atoms with Crippen molar-refractivity contribution in [1.29, 1.82) is 0 Å². The predicted molar refractivity (Wildman–Crippen MR) is 124 cm³/mol. The number of fused-ring (bicyclic) bond motifs is 1. The molecule has 2 heterocycles. The van der Waals surface area contributed by atoms with Gasteiger partial charge >= 0.3 is 0 Å². The zero-order chi connectivity index (χ0) is 21.7. The summed E-state index contributed by atoms with van der Waals surface area (Å²) in [5.74, 6) is 0.624. The predicted octanol–water partition coefficient (Wildman–Crippen LogP) is 5.00. The summed E-state index contributed by atoms with van der Waals surface area (Å²) < 4.78 is 1.78. The Labute approximate surface area is 184 Å². The highest BCUT2D eigenvalue weighted by molar-refractivity contribution is 7.15. The molecule has 0 unspecified atom stereocenters. The lowest BCUT2D eigenvalue weighted by Crippen LogP contribution is -2.30. The van der Waals surface area contributed by atoms with Gasteiger partial charge in [0.15, 0.2) is 0 Å². The molecule has 2 aromatic heterocycles. The second-order valence-electron chi connectivity index (χ2n) is 8.08. The molecule has 6 heteroatoms. The third-order valence-electron chi connectivity index (χ3n) is 6.08.